The summed E-state index contributed by atoms with van der Waals surface area (Å²) >= 11 is 0. The minimum Gasteiger partial charge on any atom is -0.432 e. The first-order valence-corrected chi connectivity index (χ1v) is 30.0. The molecule has 4 saturated carbocycles. The van der Waals surface area contributed by atoms with Crippen LogP contribution in [0.1, 0.15) is 127 Å². The second-order valence-electron chi connectivity index (χ2n) is 28.3. The second kappa shape index (κ2) is 23.3. The third-order valence-electron chi connectivity index (χ3n) is 22.7. The summed E-state index contributed by atoms with van der Waals surface area (Å²) in [6.07, 6.45) is -29.6. The molecular formula is C58H94O25. The molecule has 1 unspecified atom stereocenters. The van der Waals surface area contributed by atoms with Crippen molar-refractivity contribution in [2.75, 3.05) is 13.2 Å². The Hall–Kier alpha value is -1.71. The van der Waals surface area contributed by atoms with Crippen molar-refractivity contribution < 1.29 is 124 Å². The van der Waals surface area contributed by atoms with Gasteiger partial charge in [0.1, 0.15) is 84.8 Å². The molecule has 0 bridgehead atoms. The van der Waals surface area contributed by atoms with E-state index in [-0.39, 0.29) is 53.4 Å². The number of allylic oxidation sites excluding steroid dienone is 2. The van der Waals surface area contributed by atoms with Crippen LogP contribution in [0.3, 0.4) is 0 Å². The number of esters is 1. The minimum atomic E-state index is -1.92. The number of fused-ring (bicyclic) bond motifs is 7. The maximum absolute atomic E-state index is 15.4. The summed E-state index contributed by atoms with van der Waals surface area (Å²) in [5.74, 6) is -0.969. The number of aliphatic hydroxyl groups is 14. The number of hydrogen-bond donors (Lipinski definition) is 14. The molecule has 9 fully saturated rings. The number of aliphatic hydroxyl groups excluding tert-OH is 14. The molecule has 25 nitrogen and oxygen atoms in total. The monoisotopic (exact) mass is 1190 g/mol. The molecule has 0 spiro atoms. The van der Waals surface area contributed by atoms with E-state index in [4.69, 9.17) is 47.4 Å². The zero-order valence-electron chi connectivity index (χ0n) is 49.0. The average molecular weight is 1190 g/mol. The van der Waals surface area contributed by atoms with Gasteiger partial charge in [-0.25, -0.2) is 0 Å². The Balaban J connectivity index is 0.829. The summed E-state index contributed by atoms with van der Waals surface area (Å²) in [4.78, 5) is 15.4. The molecule has 5 aliphatic carbocycles. The van der Waals surface area contributed by atoms with Crippen LogP contribution in [-0.2, 0) is 52.2 Å². The Labute approximate surface area is 483 Å². The van der Waals surface area contributed by atoms with Crippen molar-refractivity contribution >= 4 is 5.97 Å². The molecule has 10 aliphatic rings. The molecule has 25 heteroatoms. The molecule has 5 heterocycles. The van der Waals surface area contributed by atoms with Gasteiger partial charge in [0.05, 0.1) is 43.7 Å². The SMILES string of the molecule is C[C@@H]1O[C@@H](O[C@H]2[C@H](O)O[C@@H](O[C@@H]3[C@@H](O)[C@@H](O)C(O[C@H]4[C@@H](OC(=O)[C@]56CCC(C)(C)C[C@H]5C5=CC[C@@H]7[C@@]8(C)CC[C@H](O[C@@H]9O[C@H](CO)[C@@H](O)[C@H](O)[C@H]9O)C(C)(C)[C@@H]8CC[C@@]7(C)[C@]5(C)C[C@H]6O)OC[C@@H](O)[C@@H]4O)O[C@H]3C)C[C@@H]2O)[C@H](O)[C@H](O)[C@H]1O. The molecule has 32 atom stereocenters. The Bertz CT molecular complexity index is 2310. The van der Waals surface area contributed by atoms with Crippen LogP contribution in [-0.4, -0.2) is 244 Å². The fourth-order valence-corrected chi connectivity index (χ4v) is 17.5. The Morgan fingerprint density at radius 2 is 1.22 bits per heavy atom. The van der Waals surface area contributed by atoms with E-state index < -0.39 is 189 Å². The largest absolute Gasteiger partial charge is 0.432 e. The number of ether oxygens (including phenoxy) is 10. The van der Waals surface area contributed by atoms with Gasteiger partial charge < -0.3 is 119 Å². The van der Waals surface area contributed by atoms with Gasteiger partial charge in [-0.15, -0.1) is 0 Å². The highest BCUT2D eigenvalue weighted by molar-refractivity contribution is 5.80. The summed E-state index contributed by atoms with van der Waals surface area (Å²) in [7, 11) is 0. The molecule has 0 aromatic heterocycles. The Morgan fingerprint density at radius 1 is 0.590 bits per heavy atom. The molecule has 5 saturated heterocycles. The smallest absolute Gasteiger partial charge is 0.317 e. The summed E-state index contributed by atoms with van der Waals surface area (Å²) in [6, 6.07) is 0. The number of carbonyl (C=O) groups is 1. The summed E-state index contributed by atoms with van der Waals surface area (Å²) in [6.45, 7) is 17.5. The number of rotatable bonds is 11. The molecule has 83 heavy (non-hydrogen) atoms. The minimum absolute atomic E-state index is 0.143. The molecule has 0 aromatic rings. The van der Waals surface area contributed by atoms with E-state index in [0.717, 1.165) is 24.8 Å². The van der Waals surface area contributed by atoms with Crippen LogP contribution in [0, 0.1) is 50.2 Å². The standard InChI is InChI=1S/C58H94O25/c1-23-35(63)38(66)41(69)48(75-23)81-45-27(60)18-34(80-47(45)72)79-44-24(2)76-49(43(71)40(44)68)82-46-36(64)28(61)22-74-51(46)83-52(73)58-17-16-53(3,4)19-26(58)25-10-11-31-55(7)14-13-33(78-50-42(70)39(67)37(65)29(21-59)77-50)54(5,6)30(55)12-15-56(31,8)57(25,9)20-32(58)62/h10,23-24,26-51,59-72H,11-22H2,1-9H3/t23-,24-,26-,27-,28+,29+,30-,31+,32+,33-,34+,35-,36-,37+,38+,39-,40-,41+,42+,43+,44-,45+,46+,47+,48-,49?,50-,51+,55-,56+,57+,58+/m0/s1. The molecule has 10 rings (SSSR count). The third-order valence-corrected chi connectivity index (χ3v) is 22.7. The van der Waals surface area contributed by atoms with E-state index in [1.807, 2.05) is 0 Å². The molecular weight excluding hydrogens is 1100 g/mol. The van der Waals surface area contributed by atoms with Crippen LogP contribution in [0.4, 0.5) is 0 Å². The maximum atomic E-state index is 15.4. The molecule has 14 N–H and O–H groups in total. The normalized spacial score (nSPS) is 55.1. The lowest BCUT2D eigenvalue weighted by molar-refractivity contribution is -0.386. The molecule has 0 radical (unpaired) electrons. The van der Waals surface area contributed by atoms with Gasteiger partial charge in [0.15, 0.2) is 37.6 Å². The van der Waals surface area contributed by atoms with E-state index >= 15 is 4.79 Å². The molecule has 0 aromatic carbocycles. The van der Waals surface area contributed by atoms with Gasteiger partial charge in [-0.2, -0.15) is 0 Å². The fraction of sp³-hybridized carbons (Fsp3) is 0.948. The van der Waals surface area contributed by atoms with Crippen molar-refractivity contribution in [3.8, 4) is 0 Å². The molecule has 476 valence electrons. The zero-order valence-corrected chi connectivity index (χ0v) is 49.0. The quantitative estimate of drug-likeness (QED) is 0.0632. The van der Waals surface area contributed by atoms with E-state index in [1.54, 1.807) is 0 Å². The van der Waals surface area contributed by atoms with Gasteiger partial charge in [-0.05, 0) is 116 Å². The van der Waals surface area contributed by atoms with Gasteiger partial charge in [0.2, 0.25) is 6.29 Å². The lowest BCUT2D eigenvalue weighted by Crippen LogP contribution is -2.68. The van der Waals surface area contributed by atoms with Crippen molar-refractivity contribution in [1.29, 1.82) is 0 Å². The van der Waals surface area contributed by atoms with Crippen LogP contribution in [0.15, 0.2) is 11.6 Å². The number of hydrogen-bond acceptors (Lipinski definition) is 25. The predicted molar refractivity (Wildman–Crippen MR) is 282 cm³/mol. The first kappa shape index (κ1) is 64.3. The lowest BCUT2D eigenvalue weighted by Gasteiger charge is -2.71. The van der Waals surface area contributed by atoms with Crippen LogP contribution in [0.25, 0.3) is 0 Å². The highest BCUT2D eigenvalue weighted by Gasteiger charge is 2.72. The van der Waals surface area contributed by atoms with Crippen LogP contribution in [0.5, 0.6) is 0 Å². The van der Waals surface area contributed by atoms with E-state index in [1.165, 1.54) is 13.8 Å². The summed E-state index contributed by atoms with van der Waals surface area (Å²) in [5, 5.41) is 153. The maximum Gasteiger partial charge on any atom is 0.317 e. The van der Waals surface area contributed by atoms with Crippen molar-refractivity contribution in [1.82, 2.24) is 0 Å². The highest BCUT2D eigenvalue weighted by atomic mass is 16.8. The van der Waals surface area contributed by atoms with Crippen LogP contribution in [0.2, 0.25) is 0 Å². The third kappa shape index (κ3) is 10.7. The number of carbonyl (C=O) groups excluding carboxylic acids is 1. The van der Waals surface area contributed by atoms with Crippen LogP contribution >= 0.6 is 0 Å². The zero-order chi connectivity index (χ0) is 60.6. The first-order chi connectivity index (χ1) is 38.8. The highest BCUT2D eigenvalue weighted by Crippen LogP contribution is 2.76. The van der Waals surface area contributed by atoms with Crippen molar-refractivity contribution in [2.45, 2.75) is 280 Å². The lowest BCUT2D eigenvalue weighted by atomic mass is 9.33. The fourth-order valence-electron chi connectivity index (χ4n) is 17.5. The summed E-state index contributed by atoms with van der Waals surface area (Å²) in [5.41, 5.74) is -2.21. The van der Waals surface area contributed by atoms with E-state index in [0.29, 0.717) is 25.7 Å². The van der Waals surface area contributed by atoms with Gasteiger partial charge in [-0.1, -0.05) is 60.1 Å². The van der Waals surface area contributed by atoms with E-state index in [9.17, 15) is 71.5 Å². The molecule has 5 aliphatic heterocycles. The topological polar surface area (TPSA) is 393 Å². The van der Waals surface area contributed by atoms with E-state index in [2.05, 4.69) is 54.5 Å². The van der Waals surface area contributed by atoms with Crippen molar-refractivity contribution in [3.63, 3.8) is 0 Å². The molecule has 0 amide bonds. The first-order valence-electron chi connectivity index (χ1n) is 30.0. The van der Waals surface area contributed by atoms with Gasteiger partial charge in [-0.3, -0.25) is 4.79 Å². The van der Waals surface area contributed by atoms with Crippen molar-refractivity contribution in [2.24, 2.45) is 50.2 Å². The predicted octanol–water partition coefficient (Wildman–Crippen LogP) is -1.56. The Morgan fingerprint density at radius 3 is 1.88 bits per heavy atom. The van der Waals surface area contributed by atoms with Crippen LogP contribution < -0.4 is 0 Å². The summed E-state index contributed by atoms with van der Waals surface area (Å²) < 4.78 is 59.2. The van der Waals surface area contributed by atoms with Gasteiger partial charge in [0.25, 0.3) is 0 Å². The van der Waals surface area contributed by atoms with Gasteiger partial charge in [0, 0.05) is 6.42 Å². The van der Waals surface area contributed by atoms with Crippen molar-refractivity contribution in [3.05, 3.63) is 11.6 Å². The average Bonchev–Trinajstić information content (AvgIpc) is 2.04. The van der Waals surface area contributed by atoms with Gasteiger partial charge >= 0.3 is 5.97 Å². The Kier molecular flexibility index (Phi) is 18.0. The second-order valence-corrected chi connectivity index (χ2v) is 28.3.